The third-order valence-corrected chi connectivity index (χ3v) is 4.20. The quantitative estimate of drug-likeness (QED) is 0.910. The molecule has 1 atom stereocenters. The monoisotopic (exact) mass is 279 g/mol. The summed E-state index contributed by atoms with van der Waals surface area (Å²) in [6, 6.07) is 3.89. The molecule has 2 N–H and O–H groups in total. The zero-order chi connectivity index (χ0) is 13.3. The van der Waals surface area contributed by atoms with Gasteiger partial charge >= 0.3 is 0 Å². The van der Waals surface area contributed by atoms with Crippen molar-refractivity contribution in [1.29, 1.82) is 0 Å². The van der Waals surface area contributed by atoms with Crippen LogP contribution in [0.1, 0.15) is 32.0 Å². The standard InChI is InChI=1S/C13H17N3O2S/c1-13(14,8-17-9-4-2-5-9)12-15-11(18-16-12)10-6-3-7-19-10/h3,6-7,9H,2,4-5,8,14H2,1H3. The Kier molecular flexibility index (Phi) is 3.38. The van der Waals surface area contributed by atoms with Gasteiger partial charge in [-0.15, -0.1) is 11.3 Å². The van der Waals surface area contributed by atoms with Crippen LogP contribution in [-0.4, -0.2) is 22.9 Å². The van der Waals surface area contributed by atoms with Crippen LogP contribution in [0.15, 0.2) is 22.0 Å². The molecule has 19 heavy (non-hydrogen) atoms. The van der Waals surface area contributed by atoms with Gasteiger partial charge in [-0.3, -0.25) is 0 Å². The van der Waals surface area contributed by atoms with Crippen LogP contribution in [-0.2, 0) is 10.3 Å². The Balaban J connectivity index is 1.69. The first-order valence-electron chi connectivity index (χ1n) is 6.44. The second-order valence-electron chi connectivity index (χ2n) is 5.18. The molecule has 0 radical (unpaired) electrons. The van der Waals surface area contributed by atoms with E-state index in [2.05, 4.69) is 10.1 Å². The molecule has 1 aliphatic carbocycles. The van der Waals surface area contributed by atoms with Crippen molar-refractivity contribution < 1.29 is 9.26 Å². The molecular weight excluding hydrogens is 262 g/mol. The Labute approximate surface area is 115 Å². The number of rotatable bonds is 5. The van der Waals surface area contributed by atoms with Gasteiger partial charge in [0, 0.05) is 0 Å². The molecule has 6 heteroatoms. The van der Waals surface area contributed by atoms with Crippen molar-refractivity contribution in [1.82, 2.24) is 10.1 Å². The van der Waals surface area contributed by atoms with Gasteiger partial charge in [-0.25, -0.2) is 0 Å². The van der Waals surface area contributed by atoms with E-state index in [4.69, 9.17) is 15.0 Å². The minimum Gasteiger partial charge on any atom is -0.376 e. The van der Waals surface area contributed by atoms with Gasteiger partial charge < -0.3 is 15.0 Å². The van der Waals surface area contributed by atoms with Crippen LogP contribution in [0.3, 0.4) is 0 Å². The van der Waals surface area contributed by atoms with E-state index in [1.165, 1.54) is 6.42 Å². The summed E-state index contributed by atoms with van der Waals surface area (Å²) < 4.78 is 11.0. The summed E-state index contributed by atoms with van der Waals surface area (Å²) in [5.74, 6) is 1.01. The van der Waals surface area contributed by atoms with Crippen LogP contribution < -0.4 is 5.73 Å². The van der Waals surface area contributed by atoms with E-state index in [1.807, 2.05) is 24.4 Å². The van der Waals surface area contributed by atoms with Crippen molar-refractivity contribution in [2.75, 3.05) is 6.61 Å². The molecule has 0 saturated heterocycles. The second-order valence-corrected chi connectivity index (χ2v) is 6.13. The zero-order valence-electron chi connectivity index (χ0n) is 10.8. The normalized spacial score (nSPS) is 19.1. The SMILES string of the molecule is CC(N)(COC1CCC1)c1noc(-c2cccs2)n1. The molecule has 1 saturated carbocycles. The number of nitrogens with two attached hydrogens (primary N) is 1. The van der Waals surface area contributed by atoms with Crippen molar-refractivity contribution in [3.8, 4) is 10.8 Å². The maximum Gasteiger partial charge on any atom is 0.268 e. The smallest absolute Gasteiger partial charge is 0.268 e. The predicted octanol–water partition coefficient (Wildman–Crippen LogP) is 2.54. The van der Waals surface area contributed by atoms with Gasteiger partial charge in [-0.05, 0) is 37.6 Å². The molecule has 0 bridgehead atoms. The van der Waals surface area contributed by atoms with Gasteiger partial charge in [-0.2, -0.15) is 4.98 Å². The fourth-order valence-corrected chi connectivity index (χ4v) is 2.49. The van der Waals surface area contributed by atoms with E-state index in [-0.39, 0.29) is 0 Å². The van der Waals surface area contributed by atoms with Crippen LogP contribution in [0.2, 0.25) is 0 Å². The molecule has 1 fully saturated rings. The molecule has 5 nitrogen and oxygen atoms in total. The maximum absolute atomic E-state index is 6.23. The molecule has 102 valence electrons. The van der Waals surface area contributed by atoms with Crippen molar-refractivity contribution in [2.45, 2.75) is 37.8 Å². The fraction of sp³-hybridized carbons (Fsp3) is 0.538. The Hall–Kier alpha value is -1.24. The Morgan fingerprint density at radius 2 is 2.42 bits per heavy atom. The molecule has 0 amide bonds. The number of aromatic nitrogens is 2. The van der Waals surface area contributed by atoms with E-state index >= 15 is 0 Å². The Morgan fingerprint density at radius 1 is 1.58 bits per heavy atom. The highest BCUT2D eigenvalue weighted by Crippen LogP contribution is 2.27. The number of hydrogen-bond donors (Lipinski definition) is 1. The lowest BCUT2D eigenvalue weighted by Gasteiger charge is -2.29. The van der Waals surface area contributed by atoms with Crippen molar-refractivity contribution in [2.24, 2.45) is 5.73 Å². The second kappa shape index (κ2) is 5.03. The summed E-state index contributed by atoms with van der Waals surface area (Å²) in [6.07, 6.45) is 3.86. The highest BCUT2D eigenvalue weighted by molar-refractivity contribution is 7.13. The van der Waals surface area contributed by atoms with Crippen molar-refractivity contribution in [3.05, 3.63) is 23.3 Å². The maximum atomic E-state index is 6.23. The third kappa shape index (κ3) is 2.70. The van der Waals surface area contributed by atoms with Crippen LogP contribution in [0, 0.1) is 0 Å². The molecule has 0 aliphatic heterocycles. The molecule has 3 rings (SSSR count). The summed E-state index contributed by atoms with van der Waals surface area (Å²) in [4.78, 5) is 5.33. The molecule has 1 unspecified atom stereocenters. The number of nitrogens with zero attached hydrogens (tertiary/aromatic N) is 2. The van der Waals surface area contributed by atoms with Crippen LogP contribution in [0.4, 0.5) is 0 Å². The zero-order valence-corrected chi connectivity index (χ0v) is 11.7. The van der Waals surface area contributed by atoms with Gasteiger partial charge in [0.2, 0.25) is 0 Å². The lowest BCUT2D eigenvalue weighted by molar-refractivity contribution is -0.0222. The highest BCUT2D eigenvalue weighted by atomic mass is 32.1. The first-order valence-corrected chi connectivity index (χ1v) is 7.32. The first kappa shape index (κ1) is 12.8. The van der Waals surface area contributed by atoms with E-state index in [1.54, 1.807) is 11.3 Å². The Bertz CT molecular complexity index is 532. The topological polar surface area (TPSA) is 74.2 Å². The average molecular weight is 279 g/mol. The Morgan fingerprint density at radius 3 is 3.05 bits per heavy atom. The number of thiophene rings is 1. The van der Waals surface area contributed by atoms with Crippen LogP contribution >= 0.6 is 11.3 Å². The van der Waals surface area contributed by atoms with Gasteiger partial charge in [0.25, 0.3) is 5.89 Å². The van der Waals surface area contributed by atoms with Crippen molar-refractivity contribution in [3.63, 3.8) is 0 Å². The third-order valence-electron chi connectivity index (χ3n) is 3.34. The number of ether oxygens (including phenoxy) is 1. The summed E-state index contributed by atoms with van der Waals surface area (Å²) in [7, 11) is 0. The van der Waals surface area contributed by atoms with E-state index < -0.39 is 5.54 Å². The summed E-state index contributed by atoms with van der Waals surface area (Å²) in [5, 5.41) is 5.95. The van der Waals surface area contributed by atoms with Gasteiger partial charge in [0.05, 0.1) is 17.6 Å². The molecule has 2 aromatic rings. The summed E-state index contributed by atoms with van der Waals surface area (Å²) in [5.41, 5.74) is 5.51. The molecule has 0 spiro atoms. The molecular formula is C13H17N3O2S. The van der Waals surface area contributed by atoms with Crippen LogP contribution in [0.25, 0.3) is 10.8 Å². The van der Waals surface area contributed by atoms with E-state index in [0.29, 0.717) is 24.4 Å². The van der Waals surface area contributed by atoms with Gasteiger partial charge in [0.15, 0.2) is 5.82 Å². The minimum absolute atomic E-state index is 0.353. The molecule has 2 aromatic heterocycles. The molecule has 2 heterocycles. The van der Waals surface area contributed by atoms with E-state index in [0.717, 1.165) is 17.7 Å². The number of hydrogen-bond acceptors (Lipinski definition) is 6. The summed E-state index contributed by atoms with van der Waals surface area (Å²) >= 11 is 1.56. The van der Waals surface area contributed by atoms with Gasteiger partial charge in [0.1, 0.15) is 5.54 Å². The average Bonchev–Trinajstić information content (AvgIpc) is 2.98. The fourth-order valence-electron chi connectivity index (χ4n) is 1.85. The predicted molar refractivity (Wildman–Crippen MR) is 72.7 cm³/mol. The lowest BCUT2D eigenvalue weighted by atomic mass is 9.95. The van der Waals surface area contributed by atoms with Crippen molar-refractivity contribution >= 4 is 11.3 Å². The highest BCUT2D eigenvalue weighted by Gasteiger charge is 2.30. The lowest BCUT2D eigenvalue weighted by Crippen LogP contribution is -2.41. The summed E-state index contributed by atoms with van der Waals surface area (Å²) in [6.45, 7) is 2.29. The minimum atomic E-state index is -0.714. The molecule has 0 aromatic carbocycles. The molecule has 1 aliphatic rings. The first-order chi connectivity index (χ1) is 9.15. The largest absolute Gasteiger partial charge is 0.376 e. The van der Waals surface area contributed by atoms with Crippen LogP contribution in [0.5, 0.6) is 0 Å². The van der Waals surface area contributed by atoms with Gasteiger partial charge in [-0.1, -0.05) is 11.2 Å². The van der Waals surface area contributed by atoms with E-state index in [9.17, 15) is 0 Å².